The SMILES string of the molecule is CCCN(C)c1cnn(Cc2ccnc(Cl)c2)c(=O)c1. The zero-order valence-corrected chi connectivity index (χ0v) is 12.3. The molecule has 0 aliphatic carbocycles. The highest BCUT2D eigenvalue weighted by Gasteiger charge is 2.05. The van der Waals surface area contributed by atoms with E-state index in [1.165, 1.54) is 4.68 Å². The van der Waals surface area contributed by atoms with E-state index in [1.54, 1.807) is 24.5 Å². The van der Waals surface area contributed by atoms with E-state index in [1.807, 2.05) is 18.0 Å². The van der Waals surface area contributed by atoms with Crippen LogP contribution in [0.25, 0.3) is 0 Å². The van der Waals surface area contributed by atoms with Crippen LogP contribution >= 0.6 is 11.6 Å². The van der Waals surface area contributed by atoms with Crippen LogP contribution in [-0.4, -0.2) is 28.4 Å². The minimum absolute atomic E-state index is 0.126. The number of nitrogens with zero attached hydrogens (tertiary/aromatic N) is 4. The Labute approximate surface area is 122 Å². The Balaban J connectivity index is 2.20. The Kier molecular flexibility index (Phi) is 4.74. The number of aromatic nitrogens is 3. The van der Waals surface area contributed by atoms with Crippen molar-refractivity contribution in [2.75, 3.05) is 18.5 Å². The fourth-order valence-corrected chi connectivity index (χ4v) is 2.13. The Morgan fingerprint density at radius 1 is 1.40 bits per heavy atom. The predicted octanol–water partition coefficient (Wildman–Crippen LogP) is 2.19. The zero-order valence-electron chi connectivity index (χ0n) is 11.6. The van der Waals surface area contributed by atoms with Gasteiger partial charge in [-0.3, -0.25) is 4.79 Å². The van der Waals surface area contributed by atoms with Crippen molar-refractivity contribution in [1.82, 2.24) is 14.8 Å². The zero-order chi connectivity index (χ0) is 14.5. The molecule has 0 saturated carbocycles. The van der Waals surface area contributed by atoms with Crippen LogP contribution in [0, 0.1) is 0 Å². The average molecular weight is 293 g/mol. The minimum Gasteiger partial charge on any atom is -0.373 e. The van der Waals surface area contributed by atoms with Crippen LogP contribution in [0.2, 0.25) is 5.15 Å². The summed E-state index contributed by atoms with van der Waals surface area (Å²) >= 11 is 5.83. The monoisotopic (exact) mass is 292 g/mol. The van der Waals surface area contributed by atoms with E-state index in [0.29, 0.717) is 11.7 Å². The second-order valence-electron chi connectivity index (χ2n) is 4.62. The Hall–Kier alpha value is -1.88. The Bertz CT molecular complexity index is 641. The molecular formula is C14H17ClN4O. The second-order valence-corrected chi connectivity index (χ2v) is 5.01. The summed E-state index contributed by atoms with van der Waals surface area (Å²) in [6.45, 7) is 3.38. The summed E-state index contributed by atoms with van der Waals surface area (Å²) in [5.74, 6) is 0. The van der Waals surface area contributed by atoms with Crippen molar-refractivity contribution in [2.24, 2.45) is 0 Å². The summed E-state index contributed by atoms with van der Waals surface area (Å²) < 4.78 is 1.41. The van der Waals surface area contributed by atoms with Crippen LogP contribution in [0.3, 0.4) is 0 Å². The van der Waals surface area contributed by atoms with Gasteiger partial charge in [0.05, 0.1) is 18.4 Å². The van der Waals surface area contributed by atoms with Crippen molar-refractivity contribution in [1.29, 1.82) is 0 Å². The maximum absolute atomic E-state index is 12.1. The summed E-state index contributed by atoms with van der Waals surface area (Å²) in [4.78, 5) is 18.0. The molecule has 0 bridgehead atoms. The summed E-state index contributed by atoms with van der Waals surface area (Å²) in [6.07, 6.45) is 4.35. The van der Waals surface area contributed by atoms with Crippen LogP contribution in [0.15, 0.2) is 35.4 Å². The minimum atomic E-state index is -0.126. The van der Waals surface area contributed by atoms with Crippen molar-refractivity contribution in [3.63, 3.8) is 0 Å². The Morgan fingerprint density at radius 3 is 2.85 bits per heavy atom. The molecule has 106 valence electrons. The van der Waals surface area contributed by atoms with Gasteiger partial charge in [0.15, 0.2) is 0 Å². The van der Waals surface area contributed by atoms with Gasteiger partial charge < -0.3 is 4.90 Å². The first-order valence-electron chi connectivity index (χ1n) is 6.49. The van der Waals surface area contributed by atoms with E-state index in [9.17, 15) is 4.79 Å². The third kappa shape index (κ3) is 3.57. The molecule has 20 heavy (non-hydrogen) atoms. The summed E-state index contributed by atoms with van der Waals surface area (Å²) in [5.41, 5.74) is 1.61. The molecule has 0 aliphatic heterocycles. The van der Waals surface area contributed by atoms with Gasteiger partial charge in [0, 0.05) is 25.9 Å². The van der Waals surface area contributed by atoms with Gasteiger partial charge in [-0.2, -0.15) is 5.10 Å². The quantitative estimate of drug-likeness (QED) is 0.793. The van der Waals surface area contributed by atoms with Crippen molar-refractivity contribution in [3.8, 4) is 0 Å². The van der Waals surface area contributed by atoms with Gasteiger partial charge in [-0.25, -0.2) is 9.67 Å². The van der Waals surface area contributed by atoms with Crippen molar-refractivity contribution < 1.29 is 0 Å². The largest absolute Gasteiger partial charge is 0.373 e. The molecule has 0 N–H and O–H groups in total. The predicted molar refractivity (Wildman–Crippen MR) is 80.4 cm³/mol. The number of rotatable bonds is 5. The lowest BCUT2D eigenvalue weighted by atomic mass is 10.3. The number of hydrogen-bond donors (Lipinski definition) is 0. The third-order valence-corrected chi connectivity index (χ3v) is 3.18. The molecule has 2 aromatic rings. The normalized spacial score (nSPS) is 10.6. The van der Waals surface area contributed by atoms with Gasteiger partial charge in [0.25, 0.3) is 5.56 Å². The summed E-state index contributed by atoms with van der Waals surface area (Å²) in [6, 6.07) is 5.15. The van der Waals surface area contributed by atoms with Gasteiger partial charge in [-0.15, -0.1) is 0 Å². The fraction of sp³-hybridized carbons (Fsp3) is 0.357. The number of anilines is 1. The second kappa shape index (κ2) is 6.52. The molecule has 5 nitrogen and oxygen atoms in total. The number of hydrogen-bond acceptors (Lipinski definition) is 4. The maximum atomic E-state index is 12.1. The van der Waals surface area contributed by atoms with E-state index in [2.05, 4.69) is 17.0 Å². The first-order valence-corrected chi connectivity index (χ1v) is 6.86. The smallest absolute Gasteiger partial charge is 0.269 e. The van der Waals surface area contributed by atoms with Crippen LogP contribution < -0.4 is 10.5 Å². The number of pyridine rings is 1. The molecule has 6 heteroatoms. The lowest BCUT2D eigenvalue weighted by molar-refractivity contribution is 0.636. The topological polar surface area (TPSA) is 51.0 Å². The van der Waals surface area contributed by atoms with Gasteiger partial charge >= 0.3 is 0 Å². The van der Waals surface area contributed by atoms with Crippen LogP contribution in [-0.2, 0) is 6.54 Å². The van der Waals surface area contributed by atoms with Gasteiger partial charge in [-0.1, -0.05) is 18.5 Å². The highest BCUT2D eigenvalue weighted by Crippen LogP contribution is 2.09. The van der Waals surface area contributed by atoms with Gasteiger partial charge in [-0.05, 0) is 24.1 Å². The first kappa shape index (κ1) is 14.5. The fourth-order valence-electron chi connectivity index (χ4n) is 1.93. The molecule has 0 saturated heterocycles. The third-order valence-electron chi connectivity index (χ3n) is 2.98. The van der Waals surface area contributed by atoms with E-state index in [0.717, 1.165) is 24.2 Å². The molecular weight excluding hydrogens is 276 g/mol. The van der Waals surface area contributed by atoms with Crippen LogP contribution in [0.1, 0.15) is 18.9 Å². The Morgan fingerprint density at radius 2 is 2.20 bits per heavy atom. The molecule has 2 aromatic heterocycles. The van der Waals surface area contributed by atoms with Crippen LogP contribution in [0.4, 0.5) is 5.69 Å². The van der Waals surface area contributed by atoms with E-state index in [-0.39, 0.29) is 5.56 Å². The van der Waals surface area contributed by atoms with Gasteiger partial charge in [0.1, 0.15) is 5.15 Å². The molecule has 0 aliphatic rings. The standard InChI is InChI=1S/C14H17ClN4O/c1-3-6-18(2)12-8-14(20)19(17-9-12)10-11-4-5-16-13(15)7-11/h4-5,7-9H,3,6,10H2,1-2H3. The average Bonchev–Trinajstić information content (AvgIpc) is 2.41. The molecule has 2 heterocycles. The van der Waals surface area contributed by atoms with Crippen molar-refractivity contribution in [2.45, 2.75) is 19.9 Å². The van der Waals surface area contributed by atoms with Crippen molar-refractivity contribution >= 4 is 17.3 Å². The lowest BCUT2D eigenvalue weighted by Crippen LogP contribution is -2.26. The summed E-state index contributed by atoms with van der Waals surface area (Å²) in [5, 5.41) is 4.62. The molecule has 0 spiro atoms. The highest BCUT2D eigenvalue weighted by atomic mass is 35.5. The summed E-state index contributed by atoms with van der Waals surface area (Å²) in [7, 11) is 1.95. The molecule has 2 rings (SSSR count). The lowest BCUT2D eigenvalue weighted by Gasteiger charge is -2.17. The first-order chi connectivity index (χ1) is 9.60. The van der Waals surface area contributed by atoms with Crippen LogP contribution in [0.5, 0.6) is 0 Å². The molecule has 0 unspecified atom stereocenters. The number of halogens is 1. The van der Waals surface area contributed by atoms with Gasteiger partial charge in [0.2, 0.25) is 0 Å². The molecule has 0 aromatic carbocycles. The van der Waals surface area contributed by atoms with E-state index >= 15 is 0 Å². The maximum Gasteiger partial charge on any atom is 0.269 e. The molecule has 0 radical (unpaired) electrons. The molecule has 0 fully saturated rings. The van der Waals surface area contributed by atoms with E-state index in [4.69, 9.17) is 11.6 Å². The van der Waals surface area contributed by atoms with Crippen molar-refractivity contribution in [3.05, 3.63) is 51.7 Å². The molecule has 0 amide bonds. The molecule has 0 atom stereocenters. The highest BCUT2D eigenvalue weighted by molar-refractivity contribution is 6.29. The van der Waals surface area contributed by atoms with E-state index < -0.39 is 0 Å².